The van der Waals surface area contributed by atoms with Gasteiger partial charge in [0.15, 0.2) is 0 Å². The number of ether oxygens (including phenoxy) is 1. The van der Waals surface area contributed by atoms with E-state index in [1.165, 1.54) is 0 Å². The molecule has 12 heavy (non-hydrogen) atoms. The van der Waals surface area contributed by atoms with E-state index >= 15 is 0 Å². The van der Waals surface area contributed by atoms with Crippen molar-refractivity contribution in [3.05, 3.63) is 36.4 Å². The first-order valence-corrected chi connectivity index (χ1v) is 3.88. The topological polar surface area (TPSA) is 29.5 Å². The molecule has 0 saturated carbocycles. The molecule has 2 rings (SSSR count). The standard InChI is InChI=1S/C10H10O2/c1-7-8-4-2-3-5-10(8)12-6-9(7)11/h2-5,9,11H,1,6H2. The molecule has 1 aromatic rings. The Morgan fingerprint density at radius 2 is 2.17 bits per heavy atom. The molecule has 62 valence electrons. The number of aliphatic hydroxyl groups excluding tert-OH is 1. The van der Waals surface area contributed by atoms with Crippen molar-refractivity contribution in [3.63, 3.8) is 0 Å². The molecule has 0 fully saturated rings. The maximum atomic E-state index is 9.40. The van der Waals surface area contributed by atoms with Gasteiger partial charge in [-0.15, -0.1) is 0 Å². The van der Waals surface area contributed by atoms with E-state index in [1.807, 2.05) is 24.3 Å². The molecule has 1 atom stereocenters. The molecule has 1 N–H and O–H groups in total. The Bertz CT molecular complexity index is 317. The fourth-order valence-electron chi connectivity index (χ4n) is 1.31. The van der Waals surface area contributed by atoms with E-state index in [2.05, 4.69) is 6.58 Å². The van der Waals surface area contributed by atoms with Crippen LogP contribution in [0.5, 0.6) is 5.75 Å². The summed E-state index contributed by atoms with van der Waals surface area (Å²) in [4.78, 5) is 0. The maximum absolute atomic E-state index is 9.40. The summed E-state index contributed by atoms with van der Waals surface area (Å²) in [5.41, 5.74) is 1.66. The summed E-state index contributed by atoms with van der Waals surface area (Å²) in [5.74, 6) is 0.813. The molecular formula is C10H10O2. The summed E-state index contributed by atoms with van der Waals surface area (Å²) in [6, 6.07) is 7.60. The molecule has 1 aliphatic rings. The number of fused-ring (bicyclic) bond motifs is 1. The Labute approximate surface area is 71.1 Å². The monoisotopic (exact) mass is 162 g/mol. The van der Waals surface area contributed by atoms with Crippen LogP contribution in [0.4, 0.5) is 0 Å². The summed E-state index contributed by atoms with van der Waals surface area (Å²) >= 11 is 0. The highest BCUT2D eigenvalue weighted by molar-refractivity contribution is 5.72. The summed E-state index contributed by atoms with van der Waals surface area (Å²) in [7, 11) is 0. The summed E-state index contributed by atoms with van der Waals surface area (Å²) in [5, 5.41) is 9.40. The summed E-state index contributed by atoms with van der Waals surface area (Å²) in [6.07, 6.45) is -0.556. The quantitative estimate of drug-likeness (QED) is 0.625. The number of hydrogen-bond acceptors (Lipinski definition) is 2. The second-order valence-electron chi connectivity index (χ2n) is 2.85. The van der Waals surface area contributed by atoms with Crippen molar-refractivity contribution in [3.8, 4) is 5.75 Å². The van der Waals surface area contributed by atoms with Gasteiger partial charge >= 0.3 is 0 Å². The van der Waals surface area contributed by atoms with Crippen molar-refractivity contribution in [1.82, 2.24) is 0 Å². The molecule has 0 radical (unpaired) electrons. The minimum absolute atomic E-state index is 0.315. The van der Waals surface area contributed by atoms with Gasteiger partial charge in [-0.3, -0.25) is 0 Å². The molecule has 1 aromatic carbocycles. The first kappa shape index (κ1) is 7.37. The van der Waals surface area contributed by atoms with Crippen LogP contribution in [0.25, 0.3) is 5.57 Å². The third-order valence-corrected chi connectivity index (χ3v) is 2.03. The van der Waals surface area contributed by atoms with E-state index in [4.69, 9.17) is 4.74 Å². The van der Waals surface area contributed by atoms with Gasteiger partial charge in [0.05, 0.1) is 0 Å². The van der Waals surface area contributed by atoms with Gasteiger partial charge in [0.1, 0.15) is 18.5 Å². The Kier molecular flexibility index (Phi) is 1.62. The zero-order valence-electron chi connectivity index (χ0n) is 6.66. The van der Waals surface area contributed by atoms with Gasteiger partial charge in [0.2, 0.25) is 0 Å². The molecule has 1 unspecified atom stereocenters. The van der Waals surface area contributed by atoms with Crippen LogP contribution < -0.4 is 4.74 Å². The van der Waals surface area contributed by atoms with Crippen LogP contribution in [0.1, 0.15) is 5.56 Å². The van der Waals surface area contributed by atoms with Crippen molar-refractivity contribution in [1.29, 1.82) is 0 Å². The minimum Gasteiger partial charge on any atom is -0.490 e. The number of hydrogen-bond donors (Lipinski definition) is 1. The highest BCUT2D eigenvalue weighted by Gasteiger charge is 2.20. The number of benzene rings is 1. The number of para-hydroxylation sites is 1. The first-order valence-electron chi connectivity index (χ1n) is 3.88. The lowest BCUT2D eigenvalue weighted by molar-refractivity contribution is 0.142. The van der Waals surface area contributed by atoms with Gasteiger partial charge in [-0.2, -0.15) is 0 Å². The van der Waals surface area contributed by atoms with Crippen LogP contribution in [-0.4, -0.2) is 17.8 Å². The molecule has 0 aliphatic carbocycles. The van der Waals surface area contributed by atoms with Gasteiger partial charge in [0.25, 0.3) is 0 Å². The van der Waals surface area contributed by atoms with Crippen LogP contribution >= 0.6 is 0 Å². The van der Waals surface area contributed by atoms with E-state index < -0.39 is 6.10 Å². The molecule has 1 heterocycles. The van der Waals surface area contributed by atoms with Crippen molar-refractivity contribution >= 4 is 5.57 Å². The van der Waals surface area contributed by atoms with Gasteiger partial charge in [-0.05, 0) is 11.6 Å². The molecule has 0 saturated heterocycles. The highest BCUT2D eigenvalue weighted by atomic mass is 16.5. The fraction of sp³-hybridized carbons (Fsp3) is 0.200. The lowest BCUT2D eigenvalue weighted by Crippen LogP contribution is -2.23. The van der Waals surface area contributed by atoms with Crippen LogP contribution in [0, 0.1) is 0 Å². The third-order valence-electron chi connectivity index (χ3n) is 2.03. The molecule has 0 bridgehead atoms. The van der Waals surface area contributed by atoms with Crippen molar-refractivity contribution in [2.45, 2.75) is 6.10 Å². The van der Waals surface area contributed by atoms with Gasteiger partial charge in [-0.25, -0.2) is 0 Å². The Morgan fingerprint density at radius 1 is 1.42 bits per heavy atom. The van der Waals surface area contributed by atoms with E-state index in [1.54, 1.807) is 0 Å². The Morgan fingerprint density at radius 3 is 3.00 bits per heavy atom. The molecule has 0 aromatic heterocycles. The highest BCUT2D eigenvalue weighted by Crippen LogP contribution is 2.31. The number of aliphatic hydroxyl groups is 1. The lowest BCUT2D eigenvalue weighted by atomic mass is 10.00. The first-order chi connectivity index (χ1) is 5.79. The Balaban J connectivity index is 2.49. The van der Waals surface area contributed by atoms with Gasteiger partial charge in [0, 0.05) is 5.56 Å². The average Bonchev–Trinajstić information content (AvgIpc) is 2.12. The SMILES string of the molecule is C=C1c2ccccc2OCC1O. The van der Waals surface area contributed by atoms with Crippen molar-refractivity contribution in [2.24, 2.45) is 0 Å². The molecule has 2 heteroatoms. The summed E-state index contributed by atoms with van der Waals surface area (Å²) in [6.45, 7) is 4.12. The predicted molar refractivity (Wildman–Crippen MR) is 47.0 cm³/mol. The smallest absolute Gasteiger partial charge is 0.127 e. The number of rotatable bonds is 0. The van der Waals surface area contributed by atoms with E-state index in [-0.39, 0.29) is 0 Å². The third kappa shape index (κ3) is 1.01. The Hall–Kier alpha value is -1.28. The van der Waals surface area contributed by atoms with Crippen LogP contribution in [-0.2, 0) is 0 Å². The average molecular weight is 162 g/mol. The second-order valence-corrected chi connectivity index (χ2v) is 2.85. The van der Waals surface area contributed by atoms with E-state index in [0.29, 0.717) is 6.61 Å². The zero-order chi connectivity index (χ0) is 8.55. The largest absolute Gasteiger partial charge is 0.490 e. The summed E-state index contributed by atoms with van der Waals surface area (Å²) < 4.78 is 5.30. The molecule has 0 spiro atoms. The van der Waals surface area contributed by atoms with E-state index in [0.717, 1.165) is 16.9 Å². The van der Waals surface area contributed by atoms with Crippen molar-refractivity contribution < 1.29 is 9.84 Å². The van der Waals surface area contributed by atoms with Crippen LogP contribution in [0.3, 0.4) is 0 Å². The van der Waals surface area contributed by atoms with Crippen LogP contribution in [0.2, 0.25) is 0 Å². The molecular weight excluding hydrogens is 152 g/mol. The zero-order valence-corrected chi connectivity index (χ0v) is 6.66. The van der Waals surface area contributed by atoms with Crippen molar-refractivity contribution in [2.75, 3.05) is 6.61 Å². The fourth-order valence-corrected chi connectivity index (χ4v) is 1.31. The normalized spacial score (nSPS) is 21.4. The van der Waals surface area contributed by atoms with Gasteiger partial charge < -0.3 is 9.84 Å². The molecule has 0 amide bonds. The second kappa shape index (κ2) is 2.64. The predicted octanol–water partition coefficient (Wildman–Crippen LogP) is 1.45. The molecule has 2 nitrogen and oxygen atoms in total. The minimum atomic E-state index is -0.556. The maximum Gasteiger partial charge on any atom is 0.127 e. The van der Waals surface area contributed by atoms with E-state index in [9.17, 15) is 5.11 Å². The lowest BCUT2D eigenvalue weighted by Gasteiger charge is -2.23. The molecule has 1 aliphatic heterocycles. The van der Waals surface area contributed by atoms with Gasteiger partial charge in [-0.1, -0.05) is 24.8 Å². The van der Waals surface area contributed by atoms with Crippen LogP contribution in [0.15, 0.2) is 30.8 Å².